The van der Waals surface area contributed by atoms with Gasteiger partial charge in [0.25, 0.3) is 0 Å². The topological polar surface area (TPSA) is 23.6 Å². The van der Waals surface area contributed by atoms with Crippen molar-refractivity contribution in [3.05, 3.63) is 0 Å². The molecule has 3 heteroatoms. The highest BCUT2D eigenvalue weighted by molar-refractivity contribution is 5.73. The summed E-state index contributed by atoms with van der Waals surface area (Å²) in [5.41, 5.74) is 0.599. The van der Waals surface area contributed by atoms with Gasteiger partial charge in [0.2, 0.25) is 0 Å². The molecular weight excluding hydrogens is 200 g/mol. The van der Waals surface area contributed by atoms with Crippen LogP contribution in [-0.4, -0.2) is 43.0 Å². The van der Waals surface area contributed by atoms with Crippen molar-refractivity contribution in [2.24, 2.45) is 5.41 Å². The normalized spacial score (nSPS) is 24.5. The molecule has 2 rings (SSSR count). The maximum atomic E-state index is 11.8. The second-order valence-corrected chi connectivity index (χ2v) is 5.72. The lowest BCUT2D eigenvalue weighted by molar-refractivity contribution is 0.0738. The molecule has 1 aliphatic carbocycles. The van der Waals surface area contributed by atoms with E-state index in [1.54, 1.807) is 4.90 Å². The Morgan fingerprint density at radius 1 is 1.00 bits per heavy atom. The molecule has 1 saturated heterocycles. The predicted molar refractivity (Wildman–Crippen MR) is 65.4 cm³/mol. The summed E-state index contributed by atoms with van der Waals surface area (Å²) in [6, 6.07) is 0.186. The van der Waals surface area contributed by atoms with Crippen LogP contribution in [0.3, 0.4) is 0 Å². The van der Waals surface area contributed by atoms with Crippen LogP contribution in [0.4, 0.5) is 4.79 Å². The Morgan fingerprint density at radius 3 is 2.06 bits per heavy atom. The third kappa shape index (κ3) is 2.33. The first-order valence-electron chi connectivity index (χ1n) is 6.59. The summed E-state index contributed by atoms with van der Waals surface area (Å²) in [6.07, 6.45) is 9.48. The molecule has 1 saturated carbocycles. The lowest BCUT2D eigenvalue weighted by atomic mass is 9.68. The van der Waals surface area contributed by atoms with Gasteiger partial charge < -0.3 is 9.80 Å². The summed E-state index contributed by atoms with van der Waals surface area (Å²) in [6.45, 7) is 1.94. The molecule has 1 heterocycles. The molecule has 0 bridgehead atoms. The number of carbonyl (C=O) groups is 1. The van der Waals surface area contributed by atoms with E-state index in [1.807, 2.05) is 19.0 Å². The largest absolute Gasteiger partial charge is 0.331 e. The molecule has 16 heavy (non-hydrogen) atoms. The molecule has 0 aromatic rings. The average molecular weight is 224 g/mol. The van der Waals surface area contributed by atoms with Gasteiger partial charge in [0.15, 0.2) is 0 Å². The van der Waals surface area contributed by atoms with E-state index in [9.17, 15) is 4.79 Å². The van der Waals surface area contributed by atoms with Gasteiger partial charge in [0, 0.05) is 27.2 Å². The number of amides is 2. The van der Waals surface area contributed by atoms with E-state index in [1.165, 1.54) is 44.9 Å². The third-order valence-electron chi connectivity index (χ3n) is 4.39. The lowest BCUT2D eigenvalue weighted by Crippen LogP contribution is -2.47. The zero-order valence-electron chi connectivity index (χ0n) is 10.7. The van der Waals surface area contributed by atoms with Crippen LogP contribution in [0.1, 0.15) is 44.9 Å². The van der Waals surface area contributed by atoms with Crippen LogP contribution in [0.2, 0.25) is 0 Å². The van der Waals surface area contributed by atoms with Crippen molar-refractivity contribution in [1.82, 2.24) is 9.80 Å². The van der Waals surface area contributed by atoms with E-state index >= 15 is 0 Å². The van der Waals surface area contributed by atoms with Crippen molar-refractivity contribution < 1.29 is 4.79 Å². The Morgan fingerprint density at radius 2 is 1.56 bits per heavy atom. The molecule has 0 aromatic carbocycles. The van der Waals surface area contributed by atoms with Crippen LogP contribution in [0.25, 0.3) is 0 Å². The Balaban J connectivity index is 1.88. The fraction of sp³-hybridized carbons (Fsp3) is 0.923. The minimum Gasteiger partial charge on any atom is -0.331 e. The molecule has 0 N–H and O–H groups in total. The van der Waals surface area contributed by atoms with Crippen LogP contribution in [0.15, 0.2) is 0 Å². The molecule has 3 nitrogen and oxygen atoms in total. The molecule has 1 spiro atoms. The summed E-state index contributed by atoms with van der Waals surface area (Å²) in [5, 5.41) is 0. The van der Waals surface area contributed by atoms with Crippen molar-refractivity contribution in [3.8, 4) is 0 Å². The maximum absolute atomic E-state index is 11.8. The van der Waals surface area contributed by atoms with Gasteiger partial charge in [0.05, 0.1) is 0 Å². The van der Waals surface area contributed by atoms with E-state index in [2.05, 4.69) is 0 Å². The molecular formula is C13H24N2O. The minimum atomic E-state index is 0.186. The summed E-state index contributed by atoms with van der Waals surface area (Å²) < 4.78 is 0. The first-order chi connectivity index (χ1) is 7.63. The van der Waals surface area contributed by atoms with Crippen LogP contribution in [-0.2, 0) is 0 Å². The average Bonchev–Trinajstić information content (AvgIpc) is 2.30. The molecule has 0 atom stereocenters. The smallest absolute Gasteiger partial charge is 0.319 e. The Kier molecular flexibility index (Phi) is 3.41. The standard InChI is InChI=1S/C13H24N2O/c1-14(2)12(16)15-10-8-13(9-11-15)6-4-3-5-7-13/h3-11H2,1-2H3. The molecule has 2 aliphatic rings. The number of nitrogens with zero attached hydrogens (tertiary/aromatic N) is 2. The molecule has 2 fully saturated rings. The number of likely N-dealkylation sites (tertiary alicyclic amines) is 1. The summed E-state index contributed by atoms with van der Waals surface area (Å²) in [7, 11) is 3.68. The first-order valence-corrected chi connectivity index (χ1v) is 6.59. The number of hydrogen-bond donors (Lipinski definition) is 0. The van der Waals surface area contributed by atoms with E-state index < -0.39 is 0 Å². The number of piperidine rings is 1. The van der Waals surface area contributed by atoms with E-state index in [0.29, 0.717) is 5.41 Å². The fourth-order valence-corrected chi connectivity index (χ4v) is 3.26. The second kappa shape index (κ2) is 4.64. The van der Waals surface area contributed by atoms with E-state index in [0.717, 1.165) is 13.1 Å². The predicted octanol–water partition coefficient (Wildman–Crippen LogP) is 2.71. The first kappa shape index (κ1) is 11.7. The van der Waals surface area contributed by atoms with Crippen molar-refractivity contribution in [1.29, 1.82) is 0 Å². The summed E-state index contributed by atoms with van der Waals surface area (Å²) >= 11 is 0. The molecule has 0 unspecified atom stereocenters. The van der Waals surface area contributed by atoms with Gasteiger partial charge in [-0.05, 0) is 31.1 Å². The Hall–Kier alpha value is -0.730. The van der Waals surface area contributed by atoms with Gasteiger partial charge in [0.1, 0.15) is 0 Å². The van der Waals surface area contributed by atoms with Gasteiger partial charge in [-0.3, -0.25) is 0 Å². The highest BCUT2D eigenvalue weighted by Gasteiger charge is 2.36. The van der Waals surface area contributed by atoms with Crippen molar-refractivity contribution in [2.45, 2.75) is 44.9 Å². The van der Waals surface area contributed by atoms with Gasteiger partial charge >= 0.3 is 6.03 Å². The Labute approximate surface area is 98.8 Å². The zero-order chi connectivity index (χ0) is 11.6. The van der Waals surface area contributed by atoms with Crippen molar-refractivity contribution in [2.75, 3.05) is 27.2 Å². The van der Waals surface area contributed by atoms with E-state index in [4.69, 9.17) is 0 Å². The number of rotatable bonds is 0. The van der Waals surface area contributed by atoms with Crippen molar-refractivity contribution >= 4 is 6.03 Å². The van der Waals surface area contributed by atoms with Gasteiger partial charge in [-0.25, -0.2) is 4.79 Å². The fourth-order valence-electron chi connectivity index (χ4n) is 3.26. The summed E-state index contributed by atoms with van der Waals surface area (Å²) in [5.74, 6) is 0. The highest BCUT2D eigenvalue weighted by Crippen LogP contribution is 2.44. The van der Waals surface area contributed by atoms with Crippen LogP contribution in [0, 0.1) is 5.41 Å². The minimum absolute atomic E-state index is 0.186. The van der Waals surface area contributed by atoms with E-state index in [-0.39, 0.29) is 6.03 Å². The number of urea groups is 1. The monoisotopic (exact) mass is 224 g/mol. The van der Waals surface area contributed by atoms with Crippen LogP contribution < -0.4 is 0 Å². The van der Waals surface area contributed by atoms with Gasteiger partial charge in [-0.2, -0.15) is 0 Å². The number of carbonyl (C=O) groups excluding carboxylic acids is 1. The molecule has 0 radical (unpaired) electrons. The van der Waals surface area contributed by atoms with Crippen LogP contribution >= 0.6 is 0 Å². The molecule has 2 amide bonds. The molecule has 92 valence electrons. The van der Waals surface area contributed by atoms with Crippen LogP contribution in [0.5, 0.6) is 0 Å². The third-order valence-corrected chi connectivity index (χ3v) is 4.39. The highest BCUT2D eigenvalue weighted by atomic mass is 16.2. The van der Waals surface area contributed by atoms with Crippen molar-refractivity contribution in [3.63, 3.8) is 0 Å². The molecule has 0 aromatic heterocycles. The van der Waals surface area contributed by atoms with Gasteiger partial charge in [-0.15, -0.1) is 0 Å². The summed E-state index contributed by atoms with van der Waals surface area (Å²) in [4.78, 5) is 15.5. The maximum Gasteiger partial charge on any atom is 0.319 e. The number of hydrogen-bond acceptors (Lipinski definition) is 1. The second-order valence-electron chi connectivity index (χ2n) is 5.72. The Bertz CT molecular complexity index is 247. The van der Waals surface area contributed by atoms with Gasteiger partial charge in [-0.1, -0.05) is 19.3 Å². The zero-order valence-corrected chi connectivity index (χ0v) is 10.7. The SMILES string of the molecule is CN(C)C(=O)N1CCC2(CCCCC2)CC1. The lowest BCUT2D eigenvalue weighted by Gasteiger charge is -2.44. The quantitative estimate of drug-likeness (QED) is 0.620. The molecule has 1 aliphatic heterocycles.